The number of nitrogens with one attached hydrogen (secondary N) is 1. The summed E-state index contributed by atoms with van der Waals surface area (Å²) in [7, 11) is 0. The van der Waals surface area contributed by atoms with E-state index in [1.54, 1.807) is 0 Å². The molecular formula is C24H30N2O4. The van der Waals surface area contributed by atoms with E-state index in [1.807, 2.05) is 24.0 Å². The fourth-order valence-electron chi connectivity index (χ4n) is 5.93. The molecular weight excluding hydrogens is 380 g/mol. The van der Waals surface area contributed by atoms with Crippen LogP contribution < -0.4 is 0 Å². The topological polar surface area (TPSA) is 93.6 Å². The van der Waals surface area contributed by atoms with Crippen molar-refractivity contribution in [1.29, 1.82) is 0 Å². The van der Waals surface area contributed by atoms with Crippen molar-refractivity contribution in [2.24, 2.45) is 0 Å². The Bertz CT molecular complexity index is 1020. The van der Waals surface area contributed by atoms with Gasteiger partial charge in [-0.3, -0.25) is 4.79 Å². The molecule has 2 aliphatic carbocycles. The van der Waals surface area contributed by atoms with Gasteiger partial charge in [-0.15, -0.1) is 0 Å². The fourth-order valence-corrected chi connectivity index (χ4v) is 5.93. The minimum atomic E-state index is -0.976. The number of amides is 1. The molecule has 2 atom stereocenters. The van der Waals surface area contributed by atoms with Gasteiger partial charge >= 0.3 is 5.97 Å². The molecule has 4 aliphatic rings. The fraction of sp³-hybridized carbons (Fsp3) is 0.583. The van der Waals surface area contributed by atoms with Crippen LogP contribution in [-0.2, 0) is 4.79 Å². The van der Waals surface area contributed by atoms with Gasteiger partial charge in [0, 0.05) is 29.4 Å². The number of fused-ring (bicyclic) bond motifs is 3. The first kappa shape index (κ1) is 19.6. The van der Waals surface area contributed by atoms with Crippen LogP contribution in [0.3, 0.4) is 0 Å². The number of rotatable bonds is 6. The van der Waals surface area contributed by atoms with E-state index < -0.39 is 11.6 Å². The Labute approximate surface area is 176 Å². The molecule has 6 nitrogen and oxygen atoms in total. The highest BCUT2D eigenvalue weighted by molar-refractivity contribution is 6.00. The predicted molar refractivity (Wildman–Crippen MR) is 114 cm³/mol. The molecule has 160 valence electrons. The van der Waals surface area contributed by atoms with Crippen LogP contribution in [0.15, 0.2) is 18.2 Å². The van der Waals surface area contributed by atoms with Crippen LogP contribution in [0.5, 0.6) is 0 Å². The first-order valence-electron chi connectivity index (χ1n) is 11.2. The molecule has 1 aromatic heterocycles. The van der Waals surface area contributed by atoms with E-state index in [0.717, 1.165) is 35.7 Å². The van der Waals surface area contributed by atoms with Crippen LogP contribution >= 0.6 is 0 Å². The smallest absolute Gasteiger partial charge is 0.352 e. The Morgan fingerprint density at radius 3 is 2.63 bits per heavy atom. The second-order valence-electron chi connectivity index (χ2n) is 9.72. The molecule has 30 heavy (non-hydrogen) atoms. The number of carboxylic acid groups (broad SMARTS) is 1. The normalized spacial score (nSPS) is 29.0. The Morgan fingerprint density at radius 2 is 2.00 bits per heavy atom. The molecule has 6 heteroatoms. The number of carboxylic acids is 1. The number of piperidine rings is 2. The molecule has 2 saturated heterocycles. The van der Waals surface area contributed by atoms with E-state index in [9.17, 15) is 19.8 Å². The number of nitrogens with zero attached hydrogens (tertiary/aromatic N) is 1. The van der Waals surface area contributed by atoms with Gasteiger partial charge in [-0.25, -0.2) is 4.79 Å². The van der Waals surface area contributed by atoms with E-state index in [4.69, 9.17) is 0 Å². The van der Waals surface area contributed by atoms with Crippen LogP contribution in [0.2, 0.25) is 0 Å². The lowest BCUT2D eigenvalue weighted by Gasteiger charge is -2.58. The maximum Gasteiger partial charge on any atom is 0.352 e. The van der Waals surface area contributed by atoms with Crippen molar-refractivity contribution in [3.63, 3.8) is 0 Å². The number of hydrogen-bond donors (Lipinski definition) is 3. The van der Waals surface area contributed by atoms with Gasteiger partial charge in [0.1, 0.15) is 5.69 Å². The molecule has 2 saturated carbocycles. The van der Waals surface area contributed by atoms with Crippen LogP contribution in [0.4, 0.5) is 0 Å². The molecule has 1 aromatic carbocycles. The Balaban J connectivity index is 1.47. The average Bonchev–Trinajstić information content (AvgIpc) is 3.44. The monoisotopic (exact) mass is 410 g/mol. The van der Waals surface area contributed by atoms with Crippen LogP contribution in [0, 0.1) is 0 Å². The predicted octanol–water partition coefficient (Wildman–Crippen LogP) is 4.14. The molecule has 2 unspecified atom stereocenters. The second-order valence-corrected chi connectivity index (χ2v) is 9.72. The van der Waals surface area contributed by atoms with Gasteiger partial charge in [0.15, 0.2) is 0 Å². The first-order valence-corrected chi connectivity index (χ1v) is 11.2. The minimum Gasteiger partial charge on any atom is -0.477 e. The molecule has 0 radical (unpaired) electrons. The van der Waals surface area contributed by atoms with E-state index >= 15 is 0 Å². The summed E-state index contributed by atoms with van der Waals surface area (Å²) in [6.07, 6.45) is 5.38. The van der Waals surface area contributed by atoms with E-state index in [0.29, 0.717) is 25.2 Å². The van der Waals surface area contributed by atoms with Crippen molar-refractivity contribution in [3.8, 4) is 0 Å². The molecule has 2 aliphatic heterocycles. The van der Waals surface area contributed by atoms with E-state index in [-0.39, 0.29) is 36.0 Å². The van der Waals surface area contributed by atoms with Crippen molar-refractivity contribution < 1.29 is 19.8 Å². The summed E-state index contributed by atoms with van der Waals surface area (Å²) in [6, 6.07) is 6.21. The molecule has 2 bridgehead atoms. The molecule has 2 aromatic rings. The van der Waals surface area contributed by atoms with Gasteiger partial charge in [-0.1, -0.05) is 26.0 Å². The highest BCUT2D eigenvalue weighted by Crippen LogP contribution is 2.48. The number of aromatic carboxylic acids is 1. The van der Waals surface area contributed by atoms with Gasteiger partial charge < -0.3 is 20.1 Å². The minimum absolute atomic E-state index is 0.0751. The second kappa shape index (κ2) is 6.84. The van der Waals surface area contributed by atoms with Gasteiger partial charge in [-0.05, 0) is 67.6 Å². The third-order valence-corrected chi connectivity index (χ3v) is 7.49. The highest BCUT2D eigenvalue weighted by atomic mass is 16.4. The Morgan fingerprint density at radius 1 is 1.27 bits per heavy atom. The molecule has 3 heterocycles. The summed E-state index contributed by atoms with van der Waals surface area (Å²) < 4.78 is 0. The van der Waals surface area contributed by atoms with Gasteiger partial charge in [-0.2, -0.15) is 0 Å². The molecule has 6 rings (SSSR count). The maximum atomic E-state index is 13.3. The highest BCUT2D eigenvalue weighted by Gasteiger charge is 2.54. The van der Waals surface area contributed by atoms with Crippen molar-refractivity contribution in [2.75, 3.05) is 0 Å². The maximum absolute atomic E-state index is 13.3. The zero-order valence-electron chi connectivity index (χ0n) is 17.6. The zero-order valence-corrected chi connectivity index (χ0v) is 17.6. The lowest BCUT2D eigenvalue weighted by atomic mass is 9.66. The molecule has 4 fully saturated rings. The Hall–Kier alpha value is -2.34. The van der Waals surface area contributed by atoms with Gasteiger partial charge in [0.05, 0.1) is 5.60 Å². The summed E-state index contributed by atoms with van der Waals surface area (Å²) in [5.74, 6) is -0.603. The zero-order chi connectivity index (χ0) is 21.2. The van der Waals surface area contributed by atoms with Crippen molar-refractivity contribution >= 4 is 22.8 Å². The summed E-state index contributed by atoms with van der Waals surface area (Å²) >= 11 is 0. The Kier molecular flexibility index (Phi) is 4.47. The summed E-state index contributed by atoms with van der Waals surface area (Å²) in [4.78, 5) is 30.5. The van der Waals surface area contributed by atoms with Crippen LogP contribution in [0.1, 0.15) is 92.2 Å². The largest absolute Gasteiger partial charge is 0.477 e. The quantitative estimate of drug-likeness (QED) is 0.667. The third kappa shape index (κ3) is 3.04. The number of H-pyrrole nitrogens is 1. The number of carbonyl (C=O) groups excluding carboxylic acids is 1. The SMILES string of the molecule is CCC1CC2(O)CC(C2)N1C(=O)CC(C)c1c(C(=O)O)[nH]c2cccc(C3CC3)c12. The van der Waals surface area contributed by atoms with E-state index in [1.165, 1.54) is 5.56 Å². The van der Waals surface area contributed by atoms with Crippen LogP contribution in [-0.4, -0.2) is 49.7 Å². The van der Waals surface area contributed by atoms with Crippen molar-refractivity contribution in [2.45, 2.75) is 88.3 Å². The number of hydrogen-bond acceptors (Lipinski definition) is 3. The lowest BCUT2D eigenvalue weighted by Crippen LogP contribution is -2.67. The molecule has 3 N–H and O–H groups in total. The average molecular weight is 411 g/mol. The number of carbonyl (C=O) groups is 2. The number of aliphatic hydroxyl groups is 1. The van der Waals surface area contributed by atoms with Gasteiger partial charge in [0.25, 0.3) is 0 Å². The number of aromatic amines is 1. The summed E-state index contributed by atoms with van der Waals surface area (Å²) in [5.41, 5.74) is 2.45. The van der Waals surface area contributed by atoms with Crippen LogP contribution in [0.25, 0.3) is 10.9 Å². The summed E-state index contributed by atoms with van der Waals surface area (Å²) in [6.45, 7) is 4.03. The first-order chi connectivity index (χ1) is 14.3. The van der Waals surface area contributed by atoms with Crippen molar-refractivity contribution in [1.82, 2.24) is 9.88 Å². The van der Waals surface area contributed by atoms with Gasteiger partial charge in [0.2, 0.25) is 5.91 Å². The van der Waals surface area contributed by atoms with E-state index in [2.05, 4.69) is 18.0 Å². The van der Waals surface area contributed by atoms with Crippen molar-refractivity contribution in [3.05, 3.63) is 35.0 Å². The molecule has 0 spiro atoms. The standard InChI is InChI=1S/C24H30N2O4/c1-3-15-10-24(30)11-16(12-24)26(15)19(27)9-13(2)20-21-17(14-7-8-14)5-4-6-18(21)25-22(20)23(28)29/h4-6,13-16,25,30H,3,7-12H2,1-2H3,(H,28,29). The number of aromatic nitrogens is 1. The summed E-state index contributed by atoms with van der Waals surface area (Å²) in [5, 5.41) is 21.3. The number of benzene rings is 1. The lowest BCUT2D eigenvalue weighted by molar-refractivity contribution is -0.178. The molecule has 1 amide bonds. The third-order valence-electron chi connectivity index (χ3n) is 7.49.